The van der Waals surface area contributed by atoms with E-state index in [1.165, 1.54) is 0 Å². The normalized spacial score (nSPS) is 10.2. The molecule has 0 atom stereocenters. The lowest BCUT2D eigenvalue weighted by Gasteiger charge is -2.09. The van der Waals surface area contributed by atoms with Gasteiger partial charge in [0.25, 0.3) is 5.91 Å². The van der Waals surface area contributed by atoms with Crippen LogP contribution in [0.2, 0.25) is 0 Å². The predicted molar refractivity (Wildman–Crippen MR) is 93.4 cm³/mol. The maximum absolute atomic E-state index is 11.8. The first-order valence-corrected chi connectivity index (χ1v) is 8.01. The Labute approximate surface area is 144 Å². The van der Waals surface area contributed by atoms with E-state index in [9.17, 15) is 9.59 Å². The van der Waals surface area contributed by atoms with Gasteiger partial charge in [0, 0.05) is 10.2 Å². The van der Waals surface area contributed by atoms with Crippen molar-refractivity contribution in [2.24, 2.45) is 0 Å². The Morgan fingerprint density at radius 2 is 1.83 bits per heavy atom. The van der Waals surface area contributed by atoms with Gasteiger partial charge in [0.05, 0.1) is 6.42 Å². The minimum Gasteiger partial charge on any atom is -0.455 e. The molecule has 4 nitrogen and oxygen atoms in total. The molecule has 0 aliphatic carbocycles. The molecule has 0 fully saturated rings. The maximum Gasteiger partial charge on any atom is 0.310 e. The summed E-state index contributed by atoms with van der Waals surface area (Å²) >= 11 is 3.40. The average Bonchev–Trinajstić information content (AvgIpc) is 2.51. The van der Waals surface area contributed by atoms with Gasteiger partial charge < -0.3 is 10.1 Å². The van der Waals surface area contributed by atoms with Gasteiger partial charge in [-0.05, 0) is 48.7 Å². The number of nitrogens with one attached hydrogen (secondary N) is 1. The molecule has 0 radical (unpaired) electrons. The van der Waals surface area contributed by atoms with E-state index in [2.05, 4.69) is 21.2 Å². The highest BCUT2D eigenvalue weighted by Crippen LogP contribution is 2.19. The molecule has 5 heteroatoms. The van der Waals surface area contributed by atoms with Crippen LogP contribution in [-0.4, -0.2) is 18.5 Å². The first-order valence-electron chi connectivity index (χ1n) is 7.22. The summed E-state index contributed by atoms with van der Waals surface area (Å²) in [5, 5.41) is 2.70. The third-order valence-electron chi connectivity index (χ3n) is 3.40. The largest absolute Gasteiger partial charge is 0.455 e. The Bertz CT molecular complexity index is 728. The molecule has 2 rings (SSSR count). The molecular weight excluding hydrogens is 358 g/mol. The Hall–Kier alpha value is -2.14. The smallest absolute Gasteiger partial charge is 0.310 e. The van der Waals surface area contributed by atoms with E-state index in [0.29, 0.717) is 5.69 Å². The molecule has 0 heterocycles. The fourth-order valence-corrected chi connectivity index (χ4v) is 2.33. The topological polar surface area (TPSA) is 55.4 Å². The number of benzene rings is 2. The quantitative estimate of drug-likeness (QED) is 0.808. The van der Waals surface area contributed by atoms with Gasteiger partial charge in [-0.25, -0.2) is 0 Å². The highest BCUT2D eigenvalue weighted by Gasteiger charge is 2.10. The number of hydrogen-bond acceptors (Lipinski definition) is 3. The van der Waals surface area contributed by atoms with E-state index in [4.69, 9.17) is 4.74 Å². The number of halogens is 1. The van der Waals surface area contributed by atoms with Crippen molar-refractivity contribution >= 4 is 33.5 Å². The third-order valence-corrected chi connectivity index (χ3v) is 4.29. The van der Waals surface area contributed by atoms with Gasteiger partial charge in [-0.3, -0.25) is 9.59 Å². The van der Waals surface area contributed by atoms with Gasteiger partial charge in [0.1, 0.15) is 0 Å². The highest BCUT2D eigenvalue weighted by molar-refractivity contribution is 9.10. The van der Waals surface area contributed by atoms with E-state index in [-0.39, 0.29) is 18.9 Å². The zero-order valence-corrected chi connectivity index (χ0v) is 14.6. The van der Waals surface area contributed by atoms with Gasteiger partial charge in [-0.1, -0.05) is 40.2 Å². The van der Waals surface area contributed by atoms with Gasteiger partial charge in [0.15, 0.2) is 6.61 Å². The molecule has 23 heavy (non-hydrogen) atoms. The Kier molecular flexibility index (Phi) is 5.93. The summed E-state index contributed by atoms with van der Waals surface area (Å²) in [5.41, 5.74) is 3.62. The lowest BCUT2D eigenvalue weighted by Crippen LogP contribution is -2.21. The predicted octanol–water partition coefficient (Wildman–Crippen LogP) is 3.79. The number of carbonyl (C=O) groups is 2. The maximum atomic E-state index is 11.8. The van der Waals surface area contributed by atoms with Crippen molar-refractivity contribution in [1.82, 2.24) is 0 Å². The zero-order chi connectivity index (χ0) is 16.8. The second-order valence-electron chi connectivity index (χ2n) is 5.28. The summed E-state index contributed by atoms with van der Waals surface area (Å²) in [4.78, 5) is 23.6. The van der Waals surface area contributed by atoms with Crippen LogP contribution in [0.3, 0.4) is 0 Å². The van der Waals surface area contributed by atoms with Crippen molar-refractivity contribution in [3.63, 3.8) is 0 Å². The molecule has 2 aromatic rings. The molecule has 1 amide bonds. The monoisotopic (exact) mass is 375 g/mol. The van der Waals surface area contributed by atoms with Crippen molar-refractivity contribution in [3.8, 4) is 0 Å². The Balaban J connectivity index is 1.83. The Morgan fingerprint density at radius 1 is 1.09 bits per heavy atom. The average molecular weight is 376 g/mol. The van der Waals surface area contributed by atoms with Crippen LogP contribution in [0.15, 0.2) is 46.9 Å². The van der Waals surface area contributed by atoms with Crippen LogP contribution in [0.1, 0.15) is 16.7 Å². The van der Waals surface area contributed by atoms with Crippen LogP contribution in [0.25, 0.3) is 0 Å². The summed E-state index contributed by atoms with van der Waals surface area (Å²) in [6, 6.07) is 13.1. The number of amides is 1. The molecule has 0 unspecified atom stereocenters. The van der Waals surface area contributed by atoms with Crippen molar-refractivity contribution in [1.29, 1.82) is 0 Å². The first-order chi connectivity index (χ1) is 11.0. The third kappa shape index (κ3) is 5.21. The summed E-state index contributed by atoms with van der Waals surface area (Å²) in [7, 11) is 0. The van der Waals surface area contributed by atoms with Crippen LogP contribution in [0, 0.1) is 13.8 Å². The molecule has 0 spiro atoms. The number of rotatable bonds is 5. The van der Waals surface area contributed by atoms with Gasteiger partial charge >= 0.3 is 5.97 Å². The van der Waals surface area contributed by atoms with Crippen molar-refractivity contribution in [2.45, 2.75) is 20.3 Å². The molecule has 0 bridgehead atoms. The molecule has 0 saturated heterocycles. The van der Waals surface area contributed by atoms with E-state index < -0.39 is 5.97 Å². The molecule has 0 saturated carbocycles. The number of aryl methyl sites for hydroxylation is 2. The number of anilines is 1. The number of ether oxygens (including phenoxy) is 1. The lowest BCUT2D eigenvalue weighted by atomic mass is 10.1. The fourth-order valence-electron chi connectivity index (χ4n) is 2.08. The number of hydrogen-bond donors (Lipinski definition) is 1. The van der Waals surface area contributed by atoms with Crippen LogP contribution >= 0.6 is 15.9 Å². The van der Waals surface area contributed by atoms with Crippen LogP contribution in [0.4, 0.5) is 5.69 Å². The number of carbonyl (C=O) groups excluding carboxylic acids is 2. The lowest BCUT2D eigenvalue weighted by molar-refractivity contribution is -0.146. The summed E-state index contributed by atoms with van der Waals surface area (Å²) in [5.74, 6) is -0.772. The second kappa shape index (κ2) is 7.92. The molecule has 0 aromatic heterocycles. The van der Waals surface area contributed by atoms with Crippen molar-refractivity contribution in [2.75, 3.05) is 11.9 Å². The van der Waals surface area contributed by atoms with Crippen LogP contribution in [-0.2, 0) is 20.7 Å². The van der Waals surface area contributed by atoms with E-state index in [0.717, 1.165) is 21.2 Å². The van der Waals surface area contributed by atoms with Crippen molar-refractivity contribution < 1.29 is 14.3 Å². The SMILES string of the molecule is Cc1cc(NC(=O)COC(=O)Cc2ccccc2C)ccc1Br. The van der Waals surface area contributed by atoms with E-state index in [1.54, 1.807) is 6.07 Å². The molecule has 2 aromatic carbocycles. The minimum atomic E-state index is -0.415. The summed E-state index contributed by atoms with van der Waals surface area (Å²) < 4.78 is 6.00. The van der Waals surface area contributed by atoms with E-state index >= 15 is 0 Å². The molecule has 0 aliphatic rings. The standard InChI is InChI=1S/C18H18BrNO3/c1-12-5-3-4-6-14(12)10-18(22)23-11-17(21)20-15-7-8-16(19)13(2)9-15/h3-9H,10-11H2,1-2H3,(H,20,21). The van der Waals surface area contributed by atoms with Gasteiger partial charge in [-0.2, -0.15) is 0 Å². The Morgan fingerprint density at radius 3 is 2.52 bits per heavy atom. The minimum absolute atomic E-state index is 0.164. The highest BCUT2D eigenvalue weighted by atomic mass is 79.9. The molecular formula is C18H18BrNO3. The van der Waals surface area contributed by atoms with Crippen LogP contribution in [0.5, 0.6) is 0 Å². The van der Waals surface area contributed by atoms with E-state index in [1.807, 2.05) is 50.2 Å². The molecule has 120 valence electrons. The summed E-state index contributed by atoms with van der Waals surface area (Å²) in [6.07, 6.45) is 0.164. The summed E-state index contributed by atoms with van der Waals surface area (Å²) in [6.45, 7) is 3.58. The number of esters is 1. The fraction of sp³-hybridized carbons (Fsp3) is 0.222. The zero-order valence-electron chi connectivity index (χ0n) is 13.1. The second-order valence-corrected chi connectivity index (χ2v) is 6.13. The van der Waals surface area contributed by atoms with Gasteiger partial charge in [0.2, 0.25) is 0 Å². The molecule has 0 aliphatic heterocycles. The van der Waals surface area contributed by atoms with Crippen LogP contribution < -0.4 is 5.32 Å². The first kappa shape index (κ1) is 17.2. The van der Waals surface area contributed by atoms with Crippen molar-refractivity contribution in [3.05, 3.63) is 63.6 Å². The molecule has 1 N–H and O–H groups in total. The van der Waals surface area contributed by atoms with Gasteiger partial charge in [-0.15, -0.1) is 0 Å².